The van der Waals surface area contributed by atoms with Crippen molar-refractivity contribution in [1.82, 2.24) is 0 Å². The Labute approximate surface area is 251 Å². The summed E-state index contributed by atoms with van der Waals surface area (Å²) in [6.45, 7) is 14.2. The lowest BCUT2D eigenvalue weighted by atomic mass is 9.73. The van der Waals surface area contributed by atoms with Crippen LogP contribution in [0.4, 0.5) is 0 Å². The smallest absolute Gasteiger partial charge is 0.338 e. The van der Waals surface area contributed by atoms with Crippen LogP contribution in [0.5, 0.6) is 0 Å². The molecule has 0 spiro atoms. The normalized spacial score (nSPS) is 30.7. The van der Waals surface area contributed by atoms with Crippen LogP contribution < -0.4 is 0 Å². The van der Waals surface area contributed by atoms with E-state index in [1.165, 1.54) is 6.92 Å². The monoisotopic (exact) mass is 596 g/mol. The Morgan fingerprint density at radius 3 is 2.02 bits per heavy atom. The quantitative estimate of drug-likeness (QED) is 0.274. The number of Topliss-reactive ketones (excluding diaryl/α,β-unsaturated/α-hetero) is 2. The molecule has 10 nitrogen and oxygen atoms in total. The number of hydrogen-bond donors (Lipinski definition) is 0. The Bertz CT molecular complexity index is 1330. The van der Waals surface area contributed by atoms with Gasteiger partial charge in [0, 0.05) is 44.9 Å². The summed E-state index contributed by atoms with van der Waals surface area (Å²) in [5, 5.41) is 0. The van der Waals surface area contributed by atoms with Gasteiger partial charge < -0.3 is 18.9 Å². The van der Waals surface area contributed by atoms with Gasteiger partial charge in [-0.15, -0.1) is 0 Å². The van der Waals surface area contributed by atoms with E-state index in [0.717, 1.165) is 13.8 Å². The van der Waals surface area contributed by atoms with Crippen LogP contribution in [0.2, 0.25) is 0 Å². The highest BCUT2D eigenvalue weighted by atomic mass is 16.6. The highest BCUT2D eigenvalue weighted by Gasteiger charge is 2.65. The summed E-state index contributed by atoms with van der Waals surface area (Å²) in [5.74, 6) is -6.55. The zero-order chi connectivity index (χ0) is 32.3. The lowest BCUT2D eigenvalue weighted by molar-refractivity contribution is -0.182. The van der Waals surface area contributed by atoms with E-state index >= 15 is 0 Å². The third-order valence-corrected chi connectivity index (χ3v) is 7.99. The zero-order valence-corrected chi connectivity index (χ0v) is 25.7. The first-order valence-corrected chi connectivity index (χ1v) is 14.3. The molecule has 2 aliphatic carbocycles. The Morgan fingerprint density at radius 1 is 0.860 bits per heavy atom. The van der Waals surface area contributed by atoms with Crippen LogP contribution in [-0.4, -0.2) is 59.4 Å². The first-order valence-electron chi connectivity index (χ1n) is 14.3. The second-order valence-electron chi connectivity index (χ2n) is 12.0. The number of benzene rings is 1. The summed E-state index contributed by atoms with van der Waals surface area (Å²) in [6, 6.07) is 8.22. The average Bonchev–Trinajstić information content (AvgIpc) is 3.18. The van der Waals surface area contributed by atoms with Crippen molar-refractivity contribution in [2.24, 2.45) is 23.2 Å². The molecule has 7 atom stereocenters. The molecular formula is C33H40O10. The van der Waals surface area contributed by atoms with E-state index in [1.54, 1.807) is 70.2 Å². The fourth-order valence-electron chi connectivity index (χ4n) is 6.09. The minimum Gasteiger partial charge on any atom is -0.458 e. The summed E-state index contributed by atoms with van der Waals surface area (Å²) in [6.07, 6.45) is -0.970. The van der Waals surface area contributed by atoms with Gasteiger partial charge in [-0.25, -0.2) is 4.79 Å². The standard InChI is InChI=1S/C33H40O10/c1-18-14-15-32(7,8)30(38)25(40-21(4)34)16-19(2)27(41-22(5)35)26-28(42-31(39)24-12-10-9-11-13-24)20(3)17-33(26,29(18)37)43-23(6)36/h9-15,18,20,25-28H,2,16-17H2,1,3-8H3. The van der Waals surface area contributed by atoms with Crippen LogP contribution in [0.3, 0.4) is 0 Å². The fourth-order valence-corrected chi connectivity index (χ4v) is 6.09. The molecule has 0 heterocycles. The second kappa shape index (κ2) is 13.1. The zero-order valence-electron chi connectivity index (χ0n) is 25.7. The first-order chi connectivity index (χ1) is 20.0. The van der Waals surface area contributed by atoms with Gasteiger partial charge >= 0.3 is 23.9 Å². The van der Waals surface area contributed by atoms with Gasteiger partial charge in [0.2, 0.25) is 0 Å². The number of rotatable bonds is 5. The summed E-state index contributed by atoms with van der Waals surface area (Å²) in [5.41, 5.74) is -2.70. The van der Waals surface area contributed by atoms with Gasteiger partial charge in [-0.05, 0) is 37.5 Å². The molecule has 10 heteroatoms. The third kappa shape index (κ3) is 7.29. The Balaban J connectivity index is 2.29. The van der Waals surface area contributed by atoms with E-state index in [9.17, 15) is 28.8 Å². The summed E-state index contributed by atoms with van der Waals surface area (Å²) in [7, 11) is 0. The second-order valence-corrected chi connectivity index (χ2v) is 12.0. The maximum Gasteiger partial charge on any atom is 0.338 e. The number of esters is 4. The molecule has 0 radical (unpaired) electrons. The van der Waals surface area contributed by atoms with Gasteiger partial charge in [-0.2, -0.15) is 0 Å². The van der Waals surface area contributed by atoms with Gasteiger partial charge in [0.05, 0.1) is 11.5 Å². The molecule has 232 valence electrons. The molecule has 0 N–H and O–H groups in total. The SMILES string of the molecule is C=C1CC(OC(C)=O)C(=O)C(C)(C)C=CC(C)C(=O)C2(OC(C)=O)CC(C)C(OC(=O)c3ccccc3)C2C1OC(C)=O. The molecule has 1 fully saturated rings. The molecule has 2 aliphatic rings. The van der Waals surface area contributed by atoms with E-state index in [-0.39, 0.29) is 24.0 Å². The van der Waals surface area contributed by atoms with E-state index in [4.69, 9.17) is 18.9 Å². The topological polar surface area (TPSA) is 139 Å². The number of carbonyl (C=O) groups excluding carboxylic acids is 6. The number of carbonyl (C=O) groups is 6. The Kier molecular flexibility index (Phi) is 10.1. The fraction of sp³-hybridized carbons (Fsp3) is 0.515. The highest BCUT2D eigenvalue weighted by Crippen LogP contribution is 2.50. The minimum atomic E-state index is -1.90. The molecular weight excluding hydrogens is 556 g/mol. The van der Waals surface area contributed by atoms with Gasteiger partial charge in [-0.1, -0.05) is 50.8 Å². The van der Waals surface area contributed by atoms with Crippen LogP contribution in [0.1, 0.15) is 71.7 Å². The average molecular weight is 597 g/mol. The first kappa shape index (κ1) is 33.4. The summed E-state index contributed by atoms with van der Waals surface area (Å²) in [4.78, 5) is 78.5. The lowest BCUT2D eigenvalue weighted by Gasteiger charge is -2.41. The van der Waals surface area contributed by atoms with E-state index < -0.39 is 82.5 Å². The molecule has 3 rings (SSSR count). The molecule has 0 amide bonds. The molecule has 0 aromatic heterocycles. The molecule has 1 aromatic rings. The van der Waals surface area contributed by atoms with Crippen molar-refractivity contribution in [3.05, 3.63) is 60.2 Å². The Morgan fingerprint density at radius 2 is 1.47 bits per heavy atom. The largest absolute Gasteiger partial charge is 0.458 e. The number of hydrogen-bond acceptors (Lipinski definition) is 10. The lowest BCUT2D eigenvalue weighted by Crippen LogP contribution is -2.56. The number of allylic oxidation sites excluding steroid dienone is 2. The van der Waals surface area contributed by atoms with Gasteiger partial charge in [0.1, 0.15) is 12.2 Å². The molecule has 1 saturated carbocycles. The molecule has 0 aliphatic heterocycles. The maximum atomic E-state index is 14.4. The van der Waals surface area contributed by atoms with Crippen LogP contribution in [0, 0.1) is 23.2 Å². The van der Waals surface area contributed by atoms with Crippen molar-refractivity contribution in [3.63, 3.8) is 0 Å². The molecule has 7 unspecified atom stereocenters. The summed E-state index contributed by atoms with van der Waals surface area (Å²) >= 11 is 0. The Hall–Kier alpha value is -4.08. The van der Waals surface area contributed by atoms with Gasteiger partial charge in [0.25, 0.3) is 0 Å². The molecule has 1 aromatic carbocycles. The van der Waals surface area contributed by atoms with Crippen LogP contribution >= 0.6 is 0 Å². The number of ketones is 2. The van der Waals surface area contributed by atoms with Crippen molar-refractivity contribution in [3.8, 4) is 0 Å². The number of ether oxygens (including phenoxy) is 4. The van der Waals surface area contributed by atoms with Gasteiger partial charge in [0.15, 0.2) is 23.3 Å². The molecule has 0 bridgehead atoms. The van der Waals surface area contributed by atoms with E-state index in [1.807, 2.05) is 0 Å². The highest BCUT2D eigenvalue weighted by molar-refractivity contribution is 5.95. The predicted octanol–water partition coefficient (Wildman–Crippen LogP) is 4.35. The minimum absolute atomic E-state index is 0.0399. The van der Waals surface area contributed by atoms with Crippen molar-refractivity contribution in [1.29, 1.82) is 0 Å². The predicted molar refractivity (Wildman–Crippen MR) is 154 cm³/mol. The maximum absolute atomic E-state index is 14.4. The van der Waals surface area contributed by atoms with Gasteiger partial charge in [-0.3, -0.25) is 24.0 Å². The third-order valence-electron chi connectivity index (χ3n) is 7.99. The van der Waals surface area contributed by atoms with E-state index in [0.29, 0.717) is 0 Å². The van der Waals surface area contributed by atoms with Crippen molar-refractivity contribution in [2.75, 3.05) is 0 Å². The van der Waals surface area contributed by atoms with Crippen LogP contribution in [0.15, 0.2) is 54.6 Å². The van der Waals surface area contributed by atoms with Crippen molar-refractivity contribution in [2.45, 2.75) is 85.2 Å². The van der Waals surface area contributed by atoms with Crippen molar-refractivity contribution < 1.29 is 47.7 Å². The molecule has 0 saturated heterocycles. The van der Waals surface area contributed by atoms with E-state index in [2.05, 4.69) is 6.58 Å². The van der Waals surface area contributed by atoms with Crippen LogP contribution in [0.25, 0.3) is 0 Å². The van der Waals surface area contributed by atoms with Crippen molar-refractivity contribution >= 4 is 35.4 Å². The molecule has 43 heavy (non-hydrogen) atoms. The summed E-state index contributed by atoms with van der Waals surface area (Å²) < 4.78 is 23.1. The number of fused-ring (bicyclic) bond motifs is 1. The van der Waals surface area contributed by atoms with Crippen LogP contribution in [-0.2, 0) is 42.9 Å².